The van der Waals surface area contributed by atoms with Gasteiger partial charge < -0.3 is 5.32 Å². The van der Waals surface area contributed by atoms with Crippen LogP contribution in [0.2, 0.25) is 0 Å². The van der Waals surface area contributed by atoms with Crippen molar-refractivity contribution in [3.05, 3.63) is 96.2 Å². The molecular formula is C24H21N5O3S. The molecule has 9 heteroatoms. The van der Waals surface area contributed by atoms with E-state index in [9.17, 15) is 13.2 Å². The second-order valence-corrected chi connectivity index (χ2v) is 8.92. The molecule has 0 fully saturated rings. The van der Waals surface area contributed by atoms with Crippen molar-refractivity contribution in [3.8, 4) is 11.1 Å². The Morgan fingerprint density at radius 3 is 2.06 bits per heavy atom. The van der Waals surface area contributed by atoms with E-state index < -0.39 is 10.0 Å². The third kappa shape index (κ3) is 5.59. The molecule has 0 aliphatic rings. The first-order valence-electron chi connectivity index (χ1n) is 9.99. The van der Waals surface area contributed by atoms with E-state index in [2.05, 4.69) is 20.6 Å². The van der Waals surface area contributed by atoms with Crippen LogP contribution in [-0.2, 0) is 10.0 Å². The van der Waals surface area contributed by atoms with Crippen LogP contribution in [0.5, 0.6) is 0 Å². The molecule has 0 radical (unpaired) electrons. The number of benzene rings is 3. The Morgan fingerprint density at radius 1 is 0.848 bits per heavy atom. The third-order valence-corrected chi connectivity index (χ3v) is 5.80. The molecule has 0 atom stereocenters. The summed E-state index contributed by atoms with van der Waals surface area (Å²) in [5, 5.41) is 10.8. The van der Waals surface area contributed by atoms with Gasteiger partial charge in [0, 0.05) is 17.4 Å². The van der Waals surface area contributed by atoms with Crippen molar-refractivity contribution in [1.82, 2.24) is 9.97 Å². The Balaban J connectivity index is 1.43. The van der Waals surface area contributed by atoms with Gasteiger partial charge in [-0.3, -0.25) is 10.1 Å². The number of hydrogen-bond acceptors (Lipinski definition) is 6. The average molecular weight is 460 g/mol. The van der Waals surface area contributed by atoms with Gasteiger partial charge in [0.2, 0.25) is 16.0 Å². The summed E-state index contributed by atoms with van der Waals surface area (Å²) < 4.78 is 22.7. The second kappa shape index (κ2) is 9.19. The van der Waals surface area contributed by atoms with E-state index in [1.165, 1.54) is 23.9 Å². The van der Waals surface area contributed by atoms with E-state index in [4.69, 9.17) is 5.14 Å². The molecule has 1 amide bonds. The first-order chi connectivity index (χ1) is 15.8. The molecule has 0 unspecified atom stereocenters. The van der Waals surface area contributed by atoms with Crippen LogP contribution in [0.4, 0.5) is 17.5 Å². The number of anilines is 3. The van der Waals surface area contributed by atoms with Crippen molar-refractivity contribution in [1.29, 1.82) is 0 Å². The number of nitrogens with zero attached hydrogens (tertiary/aromatic N) is 2. The summed E-state index contributed by atoms with van der Waals surface area (Å²) in [5.74, 6) is 0.229. The van der Waals surface area contributed by atoms with Gasteiger partial charge in [0.25, 0.3) is 5.91 Å². The topological polar surface area (TPSA) is 127 Å². The standard InChI is InChI=1S/C24H21N5O3S/c1-16-2-4-17(5-3-16)18-6-8-19(9-7-18)23(30)29-24-26-15-14-22(28-24)27-20-10-12-21(13-11-20)33(25,31)32/h2-15H,1H3,(H2,25,31,32)(H2,26,27,28,29,30). The SMILES string of the molecule is Cc1ccc(-c2ccc(C(=O)Nc3nccc(Nc4ccc(S(N)(=O)=O)cc4)n3)cc2)cc1. The molecule has 8 nitrogen and oxygen atoms in total. The van der Waals surface area contributed by atoms with Crippen molar-refractivity contribution < 1.29 is 13.2 Å². The average Bonchev–Trinajstić information content (AvgIpc) is 2.80. The molecule has 0 saturated carbocycles. The first kappa shape index (κ1) is 22.1. The molecule has 0 aliphatic carbocycles. The molecule has 1 heterocycles. The van der Waals surface area contributed by atoms with Crippen LogP contribution in [0.1, 0.15) is 15.9 Å². The van der Waals surface area contributed by atoms with Crippen LogP contribution >= 0.6 is 0 Å². The summed E-state index contributed by atoms with van der Waals surface area (Å²) in [5.41, 5.74) is 4.36. The van der Waals surface area contributed by atoms with Crippen molar-refractivity contribution >= 4 is 33.4 Å². The van der Waals surface area contributed by atoms with Gasteiger partial charge in [-0.1, -0.05) is 42.0 Å². The van der Waals surface area contributed by atoms with E-state index in [0.717, 1.165) is 11.1 Å². The second-order valence-electron chi connectivity index (χ2n) is 7.36. The Hall–Kier alpha value is -4.08. The highest BCUT2D eigenvalue weighted by atomic mass is 32.2. The summed E-state index contributed by atoms with van der Waals surface area (Å²) in [4.78, 5) is 21.0. The maximum atomic E-state index is 12.6. The molecule has 0 spiro atoms. The number of rotatable bonds is 6. The Kier molecular flexibility index (Phi) is 6.16. The lowest BCUT2D eigenvalue weighted by atomic mass is 10.0. The number of hydrogen-bond donors (Lipinski definition) is 3. The number of primary sulfonamides is 1. The lowest BCUT2D eigenvalue weighted by Gasteiger charge is -2.09. The minimum Gasteiger partial charge on any atom is -0.340 e. The summed E-state index contributed by atoms with van der Waals surface area (Å²) in [7, 11) is -3.76. The van der Waals surface area contributed by atoms with Gasteiger partial charge in [-0.2, -0.15) is 4.98 Å². The molecule has 1 aromatic heterocycles. The lowest BCUT2D eigenvalue weighted by molar-refractivity contribution is 0.102. The quantitative estimate of drug-likeness (QED) is 0.398. The number of aryl methyl sites for hydroxylation is 1. The van der Waals surface area contributed by atoms with Gasteiger partial charge in [0.1, 0.15) is 5.82 Å². The minimum atomic E-state index is -3.76. The Labute approximate surface area is 191 Å². The number of aromatic nitrogens is 2. The maximum absolute atomic E-state index is 12.6. The zero-order valence-corrected chi connectivity index (χ0v) is 18.5. The van der Waals surface area contributed by atoms with Crippen LogP contribution in [0.3, 0.4) is 0 Å². The highest BCUT2D eigenvalue weighted by molar-refractivity contribution is 7.89. The molecule has 0 aliphatic heterocycles. The van der Waals surface area contributed by atoms with E-state index >= 15 is 0 Å². The van der Waals surface area contributed by atoms with E-state index in [-0.39, 0.29) is 16.8 Å². The zero-order valence-electron chi connectivity index (χ0n) is 17.7. The molecule has 0 bridgehead atoms. The van der Waals surface area contributed by atoms with Crippen molar-refractivity contribution in [2.75, 3.05) is 10.6 Å². The maximum Gasteiger partial charge on any atom is 0.258 e. The van der Waals surface area contributed by atoms with Gasteiger partial charge in [0.15, 0.2) is 0 Å². The normalized spacial score (nSPS) is 11.1. The highest BCUT2D eigenvalue weighted by Gasteiger charge is 2.10. The molecule has 0 saturated heterocycles. The fourth-order valence-corrected chi connectivity index (χ4v) is 3.61. The highest BCUT2D eigenvalue weighted by Crippen LogP contribution is 2.21. The molecule has 4 aromatic rings. The number of sulfonamides is 1. The minimum absolute atomic E-state index is 0.0112. The fourth-order valence-electron chi connectivity index (χ4n) is 3.10. The smallest absolute Gasteiger partial charge is 0.258 e. The molecule has 33 heavy (non-hydrogen) atoms. The Morgan fingerprint density at radius 2 is 1.45 bits per heavy atom. The molecule has 4 N–H and O–H groups in total. The van der Waals surface area contributed by atoms with Crippen LogP contribution in [0, 0.1) is 6.92 Å². The zero-order chi connectivity index (χ0) is 23.4. The van der Waals surface area contributed by atoms with Gasteiger partial charge in [-0.15, -0.1) is 0 Å². The monoisotopic (exact) mass is 459 g/mol. The predicted molar refractivity (Wildman–Crippen MR) is 128 cm³/mol. The summed E-state index contributed by atoms with van der Waals surface area (Å²) in [6, 6.07) is 23.0. The van der Waals surface area contributed by atoms with Crippen LogP contribution in [0.15, 0.2) is 90.0 Å². The fraction of sp³-hybridized carbons (Fsp3) is 0.0417. The number of carbonyl (C=O) groups excluding carboxylic acids is 1. The Bertz CT molecular complexity index is 1390. The summed E-state index contributed by atoms with van der Waals surface area (Å²) >= 11 is 0. The van der Waals surface area contributed by atoms with Crippen molar-refractivity contribution in [2.24, 2.45) is 5.14 Å². The number of amides is 1. The lowest BCUT2D eigenvalue weighted by Crippen LogP contribution is -2.14. The molecular weight excluding hydrogens is 438 g/mol. The number of nitrogens with two attached hydrogens (primary N) is 1. The first-order valence-corrected chi connectivity index (χ1v) is 11.5. The third-order valence-electron chi connectivity index (χ3n) is 4.87. The molecule has 4 rings (SSSR count). The number of carbonyl (C=O) groups is 1. The molecule has 3 aromatic carbocycles. The van der Waals surface area contributed by atoms with Crippen LogP contribution in [-0.4, -0.2) is 24.3 Å². The van der Waals surface area contributed by atoms with Gasteiger partial charge in [0.05, 0.1) is 4.90 Å². The van der Waals surface area contributed by atoms with E-state index in [0.29, 0.717) is 17.1 Å². The number of nitrogens with one attached hydrogen (secondary N) is 2. The van der Waals surface area contributed by atoms with Crippen molar-refractivity contribution in [3.63, 3.8) is 0 Å². The predicted octanol–water partition coefficient (Wildman–Crippen LogP) is 4.10. The van der Waals surface area contributed by atoms with Gasteiger partial charge in [-0.05, 0) is 60.5 Å². The summed E-state index contributed by atoms with van der Waals surface area (Å²) in [6.45, 7) is 2.04. The largest absolute Gasteiger partial charge is 0.340 e. The van der Waals surface area contributed by atoms with Gasteiger partial charge in [-0.25, -0.2) is 18.5 Å². The summed E-state index contributed by atoms with van der Waals surface area (Å²) in [6.07, 6.45) is 1.50. The van der Waals surface area contributed by atoms with Crippen LogP contribution in [0.25, 0.3) is 11.1 Å². The van der Waals surface area contributed by atoms with Crippen molar-refractivity contribution in [2.45, 2.75) is 11.8 Å². The van der Waals surface area contributed by atoms with E-state index in [1.807, 2.05) is 43.3 Å². The van der Waals surface area contributed by atoms with Crippen LogP contribution < -0.4 is 15.8 Å². The van der Waals surface area contributed by atoms with Gasteiger partial charge >= 0.3 is 0 Å². The molecule has 166 valence electrons. The van der Waals surface area contributed by atoms with E-state index in [1.54, 1.807) is 30.3 Å².